The molecule has 2 rings (SSSR count). The van der Waals surface area contributed by atoms with Crippen molar-refractivity contribution in [3.05, 3.63) is 23.3 Å². The smallest absolute Gasteiger partial charge is 0.153 e. The zero-order valence-corrected chi connectivity index (χ0v) is 7.18. The van der Waals surface area contributed by atoms with Gasteiger partial charge in [-0.1, -0.05) is 6.07 Å². The minimum Gasteiger partial charge on any atom is -0.382 e. The molecule has 3 heteroatoms. The molecule has 2 aromatic rings. The molecule has 12 heavy (non-hydrogen) atoms. The highest BCUT2D eigenvalue weighted by atomic mass is 15.1. The summed E-state index contributed by atoms with van der Waals surface area (Å²) in [5.41, 5.74) is 9.12. The van der Waals surface area contributed by atoms with Gasteiger partial charge in [0.1, 0.15) is 0 Å². The molecule has 0 spiro atoms. The van der Waals surface area contributed by atoms with Crippen molar-refractivity contribution in [1.29, 1.82) is 0 Å². The van der Waals surface area contributed by atoms with Crippen molar-refractivity contribution >= 4 is 16.7 Å². The van der Waals surface area contributed by atoms with Crippen LogP contribution in [0.4, 0.5) is 5.82 Å². The van der Waals surface area contributed by atoms with Crippen molar-refractivity contribution in [2.75, 3.05) is 5.73 Å². The fourth-order valence-corrected chi connectivity index (χ4v) is 1.49. The number of rotatable bonds is 0. The van der Waals surface area contributed by atoms with Crippen LogP contribution < -0.4 is 5.73 Å². The molecule has 0 saturated heterocycles. The molecule has 62 valence electrons. The van der Waals surface area contributed by atoms with E-state index in [1.165, 1.54) is 11.1 Å². The van der Waals surface area contributed by atoms with Crippen molar-refractivity contribution in [1.82, 2.24) is 10.2 Å². The summed E-state index contributed by atoms with van der Waals surface area (Å²) >= 11 is 0. The van der Waals surface area contributed by atoms with E-state index in [1.54, 1.807) is 0 Å². The van der Waals surface area contributed by atoms with Crippen molar-refractivity contribution in [2.45, 2.75) is 13.8 Å². The molecule has 0 aliphatic heterocycles. The second-order valence-electron chi connectivity index (χ2n) is 3.11. The van der Waals surface area contributed by atoms with E-state index in [2.05, 4.69) is 23.2 Å². The van der Waals surface area contributed by atoms with Gasteiger partial charge in [0.05, 0.1) is 5.52 Å². The fourth-order valence-electron chi connectivity index (χ4n) is 1.49. The number of aryl methyl sites for hydroxylation is 2. The standard InChI is InChI=1S/C9H11N3/c1-5-3-6(2)8-7(4-5)9(10)12-11-8/h3-4H,1-2H3,(H3,10,11,12). The van der Waals surface area contributed by atoms with E-state index < -0.39 is 0 Å². The lowest BCUT2D eigenvalue weighted by Crippen LogP contribution is -1.84. The number of aromatic amines is 1. The molecule has 0 aliphatic rings. The Hall–Kier alpha value is -1.51. The molecule has 1 aromatic carbocycles. The second-order valence-corrected chi connectivity index (χ2v) is 3.11. The highest BCUT2D eigenvalue weighted by molar-refractivity contribution is 5.91. The van der Waals surface area contributed by atoms with Crippen LogP contribution in [0.25, 0.3) is 10.9 Å². The van der Waals surface area contributed by atoms with E-state index in [4.69, 9.17) is 5.73 Å². The maximum atomic E-state index is 5.67. The average Bonchev–Trinajstić information content (AvgIpc) is 2.33. The molecule has 3 nitrogen and oxygen atoms in total. The number of anilines is 1. The van der Waals surface area contributed by atoms with E-state index >= 15 is 0 Å². The van der Waals surface area contributed by atoms with Gasteiger partial charge in [0, 0.05) is 5.39 Å². The Kier molecular flexibility index (Phi) is 1.33. The first-order valence-electron chi connectivity index (χ1n) is 3.89. The lowest BCUT2D eigenvalue weighted by atomic mass is 10.1. The zero-order valence-electron chi connectivity index (χ0n) is 7.18. The number of hydrogen-bond acceptors (Lipinski definition) is 2. The van der Waals surface area contributed by atoms with Crippen molar-refractivity contribution in [3.63, 3.8) is 0 Å². The monoisotopic (exact) mass is 161 g/mol. The van der Waals surface area contributed by atoms with Gasteiger partial charge in [-0.05, 0) is 31.0 Å². The summed E-state index contributed by atoms with van der Waals surface area (Å²) < 4.78 is 0. The third kappa shape index (κ3) is 0.863. The van der Waals surface area contributed by atoms with Gasteiger partial charge >= 0.3 is 0 Å². The number of nitrogens with one attached hydrogen (secondary N) is 1. The van der Waals surface area contributed by atoms with Gasteiger partial charge in [-0.25, -0.2) is 0 Å². The maximum absolute atomic E-state index is 5.67. The second kappa shape index (κ2) is 2.24. The Morgan fingerprint density at radius 3 is 2.83 bits per heavy atom. The molecular formula is C9H11N3. The third-order valence-electron chi connectivity index (χ3n) is 2.04. The summed E-state index contributed by atoms with van der Waals surface area (Å²) in [6, 6.07) is 4.15. The van der Waals surface area contributed by atoms with Gasteiger partial charge in [0.15, 0.2) is 5.82 Å². The molecular weight excluding hydrogens is 150 g/mol. The molecule has 0 saturated carbocycles. The highest BCUT2D eigenvalue weighted by Gasteiger charge is 2.04. The number of fused-ring (bicyclic) bond motifs is 1. The Balaban J connectivity index is 2.92. The van der Waals surface area contributed by atoms with Crippen LogP contribution in [-0.2, 0) is 0 Å². The molecule has 0 fully saturated rings. The predicted molar refractivity (Wildman–Crippen MR) is 50.0 cm³/mol. The van der Waals surface area contributed by atoms with E-state index in [-0.39, 0.29) is 0 Å². The average molecular weight is 161 g/mol. The molecule has 0 aliphatic carbocycles. The number of nitrogens with zero attached hydrogens (tertiary/aromatic N) is 1. The Bertz CT molecular complexity index is 429. The van der Waals surface area contributed by atoms with Gasteiger partial charge < -0.3 is 5.73 Å². The summed E-state index contributed by atoms with van der Waals surface area (Å²) in [6.45, 7) is 4.10. The minimum absolute atomic E-state index is 0.580. The maximum Gasteiger partial charge on any atom is 0.153 e. The molecule has 1 aromatic heterocycles. The minimum atomic E-state index is 0.580. The van der Waals surface area contributed by atoms with E-state index in [1.807, 2.05) is 13.0 Å². The SMILES string of the molecule is Cc1cc(C)c2[nH]nc(N)c2c1. The van der Waals surface area contributed by atoms with Crippen LogP contribution in [0.5, 0.6) is 0 Å². The summed E-state index contributed by atoms with van der Waals surface area (Å²) in [5.74, 6) is 0.580. The van der Waals surface area contributed by atoms with Gasteiger partial charge in [-0.2, -0.15) is 5.10 Å². The normalized spacial score (nSPS) is 10.8. The number of nitrogen functional groups attached to an aromatic ring is 1. The van der Waals surface area contributed by atoms with Gasteiger partial charge in [-0.15, -0.1) is 0 Å². The number of aromatic nitrogens is 2. The first-order valence-corrected chi connectivity index (χ1v) is 3.89. The van der Waals surface area contributed by atoms with Crippen LogP contribution in [0.1, 0.15) is 11.1 Å². The van der Waals surface area contributed by atoms with Gasteiger partial charge in [0.2, 0.25) is 0 Å². The molecule has 1 heterocycles. The number of nitrogens with two attached hydrogens (primary N) is 1. The molecule has 0 bridgehead atoms. The van der Waals surface area contributed by atoms with Crippen molar-refractivity contribution in [3.8, 4) is 0 Å². The van der Waals surface area contributed by atoms with Crippen LogP contribution in [0.3, 0.4) is 0 Å². The van der Waals surface area contributed by atoms with Gasteiger partial charge in [0.25, 0.3) is 0 Å². The summed E-state index contributed by atoms with van der Waals surface area (Å²) in [4.78, 5) is 0. The molecule has 0 atom stereocenters. The molecule has 3 N–H and O–H groups in total. The fraction of sp³-hybridized carbons (Fsp3) is 0.222. The first-order chi connectivity index (χ1) is 5.68. The van der Waals surface area contributed by atoms with Gasteiger partial charge in [-0.3, -0.25) is 5.10 Å². The topological polar surface area (TPSA) is 54.7 Å². The lowest BCUT2D eigenvalue weighted by molar-refractivity contribution is 1.12. The third-order valence-corrected chi connectivity index (χ3v) is 2.04. The highest BCUT2D eigenvalue weighted by Crippen LogP contribution is 2.22. The molecule has 0 radical (unpaired) electrons. The van der Waals surface area contributed by atoms with Crippen LogP contribution in [0.15, 0.2) is 12.1 Å². The number of benzene rings is 1. The predicted octanol–water partition coefficient (Wildman–Crippen LogP) is 1.76. The van der Waals surface area contributed by atoms with Crippen molar-refractivity contribution in [2.24, 2.45) is 0 Å². The van der Waals surface area contributed by atoms with Crippen LogP contribution in [-0.4, -0.2) is 10.2 Å². The number of hydrogen-bond donors (Lipinski definition) is 2. The van der Waals surface area contributed by atoms with E-state index in [0.717, 1.165) is 10.9 Å². The Morgan fingerprint density at radius 2 is 2.08 bits per heavy atom. The molecule has 0 unspecified atom stereocenters. The molecule has 0 amide bonds. The lowest BCUT2D eigenvalue weighted by Gasteiger charge is -1.97. The van der Waals surface area contributed by atoms with Crippen LogP contribution in [0, 0.1) is 13.8 Å². The van der Waals surface area contributed by atoms with E-state index in [9.17, 15) is 0 Å². The number of H-pyrrole nitrogens is 1. The first kappa shape index (κ1) is 7.16. The Labute approximate surface area is 70.6 Å². The summed E-state index contributed by atoms with van der Waals surface area (Å²) in [7, 11) is 0. The van der Waals surface area contributed by atoms with E-state index in [0.29, 0.717) is 5.82 Å². The Morgan fingerprint density at radius 1 is 1.33 bits per heavy atom. The van der Waals surface area contributed by atoms with Crippen LogP contribution in [0.2, 0.25) is 0 Å². The summed E-state index contributed by atoms with van der Waals surface area (Å²) in [5, 5.41) is 7.88. The van der Waals surface area contributed by atoms with Crippen LogP contribution >= 0.6 is 0 Å². The quantitative estimate of drug-likeness (QED) is 0.618. The summed E-state index contributed by atoms with van der Waals surface area (Å²) in [6.07, 6.45) is 0. The van der Waals surface area contributed by atoms with Crippen molar-refractivity contribution < 1.29 is 0 Å². The largest absolute Gasteiger partial charge is 0.382 e. The zero-order chi connectivity index (χ0) is 8.72.